The maximum atomic E-state index is 12.0. The zero-order valence-corrected chi connectivity index (χ0v) is 11.2. The molecule has 1 rings (SSSR count). The molecule has 0 aliphatic heterocycles. The molecule has 18 heavy (non-hydrogen) atoms. The van der Waals surface area contributed by atoms with E-state index in [1.54, 1.807) is 0 Å². The maximum absolute atomic E-state index is 12.0. The van der Waals surface area contributed by atoms with Crippen molar-refractivity contribution in [3.8, 4) is 0 Å². The highest BCUT2D eigenvalue weighted by Crippen LogP contribution is 2.27. The van der Waals surface area contributed by atoms with Gasteiger partial charge in [-0.1, -0.05) is 13.8 Å². The summed E-state index contributed by atoms with van der Waals surface area (Å²) in [6, 6.07) is 0.303. The quantitative estimate of drug-likeness (QED) is 0.744. The molecule has 1 N–H and O–H groups in total. The first-order valence-electron chi connectivity index (χ1n) is 6.84. The summed E-state index contributed by atoms with van der Waals surface area (Å²) in [4.78, 5) is 0. The molecule has 0 heterocycles. The highest BCUT2D eigenvalue weighted by molar-refractivity contribution is 4.84. The third-order valence-corrected chi connectivity index (χ3v) is 3.46. The van der Waals surface area contributed by atoms with Gasteiger partial charge in [-0.2, -0.15) is 13.2 Å². The summed E-state index contributed by atoms with van der Waals surface area (Å²) in [5.41, 5.74) is 0. The van der Waals surface area contributed by atoms with Gasteiger partial charge in [0.2, 0.25) is 0 Å². The molecule has 0 aromatic heterocycles. The van der Waals surface area contributed by atoms with Gasteiger partial charge in [-0.25, -0.2) is 0 Å². The van der Waals surface area contributed by atoms with Gasteiger partial charge in [0.05, 0.1) is 6.10 Å². The molecule has 0 radical (unpaired) electrons. The van der Waals surface area contributed by atoms with Crippen LogP contribution in [0.5, 0.6) is 0 Å². The fourth-order valence-corrected chi connectivity index (χ4v) is 2.52. The van der Waals surface area contributed by atoms with Crippen LogP contribution < -0.4 is 5.32 Å². The van der Waals surface area contributed by atoms with E-state index >= 15 is 0 Å². The lowest BCUT2D eigenvalue weighted by molar-refractivity contribution is -0.139. The van der Waals surface area contributed by atoms with Gasteiger partial charge in [-0.15, -0.1) is 0 Å². The third kappa shape index (κ3) is 6.05. The normalized spacial score (nSPS) is 29.5. The van der Waals surface area contributed by atoms with Gasteiger partial charge in [0, 0.05) is 19.1 Å². The number of alkyl halides is 3. The summed E-state index contributed by atoms with van der Waals surface area (Å²) in [6.45, 7) is 5.30. The lowest BCUT2D eigenvalue weighted by Crippen LogP contribution is -2.45. The first-order chi connectivity index (χ1) is 8.42. The number of hydrogen-bond donors (Lipinski definition) is 1. The van der Waals surface area contributed by atoms with Gasteiger partial charge >= 0.3 is 6.18 Å². The smallest absolute Gasteiger partial charge is 0.377 e. The third-order valence-electron chi connectivity index (χ3n) is 3.46. The maximum Gasteiger partial charge on any atom is 0.389 e. The fraction of sp³-hybridized carbons (Fsp3) is 1.00. The van der Waals surface area contributed by atoms with Crippen molar-refractivity contribution in [2.45, 2.75) is 64.3 Å². The second-order valence-electron chi connectivity index (χ2n) is 5.21. The van der Waals surface area contributed by atoms with Crippen LogP contribution in [0, 0.1) is 5.92 Å². The van der Waals surface area contributed by atoms with Gasteiger partial charge in [0.1, 0.15) is 0 Å². The summed E-state index contributed by atoms with van der Waals surface area (Å²) in [5, 5.41) is 3.37. The van der Waals surface area contributed by atoms with Crippen LogP contribution in [0.2, 0.25) is 0 Å². The van der Waals surface area contributed by atoms with E-state index in [-0.39, 0.29) is 19.1 Å². The fourth-order valence-electron chi connectivity index (χ4n) is 2.52. The van der Waals surface area contributed by atoms with Gasteiger partial charge in [-0.3, -0.25) is 0 Å². The number of halogens is 3. The van der Waals surface area contributed by atoms with Crippen molar-refractivity contribution in [2.75, 3.05) is 13.2 Å². The molecular weight excluding hydrogens is 243 g/mol. The number of likely N-dealkylation sites (N-methyl/N-ethyl adjacent to an activating group) is 1. The molecule has 1 saturated carbocycles. The molecule has 0 aromatic carbocycles. The van der Waals surface area contributed by atoms with Crippen LogP contribution in [0.25, 0.3) is 0 Å². The molecule has 3 atom stereocenters. The Labute approximate surface area is 107 Å². The van der Waals surface area contributed by atoms with Crippen molar-refractivity contribution in [3.05, 3.63) is 0 Å². The zero-order chi connectivity index (χ0) is 13.6. The Bertz CT molecular complexity index is 233. The van der Waals surface area contributed by atoms with Crippen LogP contribution in [0.3, 0.4) is 0 Å². The number of nitrogens with one attached hydrogen (secondary N) is 1. The van der Waals surface area contributed by atoms with E-state index in [9.17, 15) is 13.2 Å². The van der Waals surface area contributed by atoms with Crippen molar-refractivity contribution in [1.82, 2.24) is 5.32 Å². The average molecular weight is 267 g/mol. The van der Waals surface area contributed by atoms with Crippen LogP contribution in [0.15, 0.2) is 0 Å². The minimum atomic E-state index is -4.07. The Morgan fingerprint density at radius 2 is 2.00 bits per heavy atom. The van der Waals surface area contributed by atoms with Crippen LogP contribution in [-0.2, 0) is 4.74 Å². The molecule has 1 aliphatic carbocycles. The van der Waals surface area contributed by atoms with E-state index in [0.717, 1.165) is 19.4 Å². The monoisotopic (exact) mass is 267 g/mol. The minimum absolute atomic E-state index is 0.0627. The molecule has 0 spiro atoms. The summed E-state index contributed by atoms with van der Waals surface area (Å²) in [5.74, 6) is 0.604. The van der Waals surface area contributed by atoms with Gasteiger partial charge in [0.25, 0.3) is 0 Å². The molecular formula is C13H24F3NO. The number of rotatable bonds is 6. The summed E-state index contributed by atoms with van der Waals surface area (Å²) in [6.07, 6.45) is -1.51. The molecule has 3 unspecified atom stereocenters. The summed E-state index contributed by atoms with van der Waals surface area (Å²) >= 11 is 0. The summed E-state index contributed by atoms with van der Waals surface area (Å²) in [7, 11) is 0. The highest BCUT2D eigenvalue weighted by atomic mass is 19.4. The molecule has 0 bridgehead atoms. The topological polar surface area (TPSA) is 21.3 Å². The van der Waals surface area contributed by atoms with E-state index in [0.29, 0.717) is 12.0 Å². The van der Waals surface area contributed by atoms with Crippen LogP contribution in [0.4, 0.5) is 13.2 Å². The zero-order valence-electron chi connectivity index (χ0n) is 11.2. The SMILES string of the molecule is CCNC1CCC(C)CC1OCCCC(F)(F)F. The molecule has 2 nitrogen and oxygen atoms in total. The Hall–Kier alpha value is -0.290. The van der Waals surface area contributed by atoms with Crippen molar-refractivity contribution >= 4 is 0 Å². The first-order valence-corrected chi connectivity index (χ1v) is 6.84. The van der Waals surface area contributed by atoms with Crippen molar-refractivity contribution < 1.29 is 17.9 Å². The predicted octanol–water partition coefficient (Wildman–Crippen LogP) is 3.51. The second-order valence-corrected chi connectivity index (χ2v) is 5.21. The standard InChI is InChI=1S/C13H24F3NO/c1-3-17-11-6-5-10(2)9-12(11)18-8-4-7-13(14,15)16/h10-12,17H,3-9H2,1-2H3. The highest BCUT2D eigenvalue weighted by Gasteiger charge is 2.30. The molecule has 5 heteroatoms. The lowest BCUT2D eigenvalue weighted by Gasteiger charge is -2.35. The molecule has 108 valence electrons. The van der Waals surface area contributed by atoms with Crippen LogP contribution >= 0.6 is 0 Å². The van der Waals surface area contributed by atoms with Crippen molar-refractivity contribution in [2.24, 2.45) is 5.92 Å². The van der Waals surface area contributed by atoms with E-state index in [1.165, 1.54) is 6.42 Å². The number of ether oxygens (including phenoxy) is 1. The Balaban J connectivity index is 2.28. The molecule has 0 aromatic rings. The molecule has 0 amide bonds. The number of hydrogen-bond acceptors (Lipinski definition) is 2. The van der Waals surface area contributed by atoms with Crippen molar-refractivity contribution in [1.29, 1.82) is 0 Å². The van der Waals surface area contributed by atoms with Crippen LogP contribution in [-0.4, -0.2) is 31.5 Å². The Kier molecular flexibility index (Phi) is 6.43. The predicted molar refractivity (Wildman–Crippen MR) is 65.5 cm³/mol. The van der Waals surface area contributed by atoms with Gasteiger partial charge < -0.3 is 10.1 Å². The van der Waals surface area contributed by atoms with Gasteiger partial charge in [0.15, 0.2) is 0 Å². The van der Waals surface area contributed by atoms with E-state index in [1.807, 2.05) is 6.92 Å². The van der Waals surface area contributed by atoms with Crippen molar-refractivity contribution in [3.63, 3.8) is 0 Å². The Morgan fingerprint density at radius 3 is 2.61 bits per heavy atom. The average Bonchev–Trinajstić information content (AvgIpc) is 2.27. The Morgan fingerprint density at radius 1 is 1.28 bits per heavy atom. The molecule has 1 aliphatic rings. The lowest BCUT2D eigenvalue weighted by atomic mass is 9.85. The minimum Gasteiger partial charge on any atom is -0.377 e. The van der Waals surface area contributed by atoms with Crippen LogP contribution in [0.1, 0.15) is 46.0 Å². The second kappa shape index (κ2) is 7.34. The molecule has 0 saturated heterocycles. The van der Waals surface area contributed by atoms with E-state index < -0.39 is 12.6 Å². The van der Waals surface area contributed by atoms with Gasteiger partial charge in [-0.05, 0) is 38.1 Å². The summed E-state index contributed by atoms with van der Waals surface area (Å²) < 4.78 is 41.7. The van der Waals surface area contributed by atoms with E-state index in [2.05, 4.69) is 12.2 Å². The molecule has 1 fully saturated rings. The first kappa shape index (κ1) is 15.8. The van der Waals surface area contributed by atoms with E-state index in [4.69, 9.17) is 4.74 Å². The largest absolute Gasteiger partial charge is 0.389 e.